The van der Waals surface area contributed by atoms with Crippen molar-refractivity contribution in [2.24, 2.45) is 11.7 Å². The highest BCUT2D eigenvalue weighted by Crippen LogP contribution is 2.44. The quantitative estimate of drug-likeness (QED) is 0.743. The van der Waals surface area contributed by atoms with Crippen molar-refractivity contribution in [2.75, 3.05) is 0 Å². The molecule has 0 amide bonds. The third kappa shape index (κ3) is 0.919. The van der Waals surface area contributed by atoms with Crippen molar-refractivity contribution in [1.82, 2.24) is 9.78 Å². The highest BCUT2D eigenvalue weighted by molar-refractivity contribution is 5.25. The normalized spacial score (nSPS) is 36.4. The standard InChI is InChI=1S/C10H16FN3/c1-6(2)10(3)7-4-5-13-14(7)9(11)8(10)12/h4-6,8-9H,12H2,1-3H3/t8-,9?,10?/m1/s1. The van der Waals surface area contributed by atoms with Gasteiger partial charge in [-0.3, -0.25) is 0 Å². The smallest absolute Gasteiger partial charge is 0.207 e. The van der Waals surface area contributed by atoms with Crippen LogP contribution in [0.15, 0.2) is 12.3 Å². The van der Waals surface area contributed by atoms with Crippen LogP contribution in [0.3, 0.4) is 0 Å². The number of rotatable bonds is 1. The van der Waals surface area contributed by atoms with Crippen molar-refractivity contribution in [3.63, 3.8) is 0 Å². The van der Waals surface area contributed by atoms with Gasteiger partial charge in [0.15, 0.2) is 0 Å². The van der Waals surface area contributed by atoms with E-state index in [0.29, 0.717) is 5.92 Å². The van der Waals surface area contributed by atoms with Crippen molar-refractivity contribution in [1.29, 1.82) is 0 Å². The predicted molar refractivity (Wildman–Crippen MR) is 52.5 cm³/mol. The van der Waals surface area contributed by atoms with E-state index in [1.54, 1.807) is 6.20 Å². The van der Waals surface area contributed by atoms with Crippen LogP contribution < -0.4 is 5.73 Å². The maximum atomic E-state index is 13.8. The van der Waals surface area contributed by atoms with E-state index in [9.17, 15) is 4.39 Å². The molecule has 0 spiro atoms. The van der Waals surface area contributed by atoms with Gasteiger partial charge in [-0.2, -0.15) is 5.10 Å². The first-order valence-corrected chi connectivity index (χ1v) is 4.93. The SMILES string of the molecule is CC(C)C1(C)c2ccnn2C(F)[C@H]1N. The molecule has 3 atom stereocenters. The van der Waals surface area contributed by atoms with Crippen LogP contribution in [0, 0.1) is 5.92 Å². The molecule has 1 aromatic heterocycles. The number of halogens is 1. The fourth-order valence-corrected chi connectivity index (χ4v) is 2.23. The summed E-state index contributed by atoms with van der Waals surface area (Å²) in [7, 11) is 0. The number of fused-ring (bicyclic) bond motifs is 1. The van der Waals surface area contributed by atoms with Crippen LogP contribution in [0.1, 0.15) is 32.8 Å². The first-order valence-electron chi connectivity index (χ1n) is 4.93. The zero-order valence-electron chi connectivity index (χ0n) is 8.74. The van der Waals surface area contributed by atoms with Gasteiger partial charge < -0.3 is 5.73 Å². The second kappa shape index (κ2) is 2.79. The molecule has 0 bridgehead atoms. The van der Waals surface area contributed by atoms with Crippen molar-refractivity contribution < 1.29 is 4.39 Å². The lowest BCUT2D eigenvalue weighted by molar-refractivity contribution is 0.161. The Balaban J connectivity index is 2.56. The molecule has 0 saturated carbocycles. The fourth-order valence-electron chi connectivity index (χ4n) is 2.23. The molecule has 1 aromatic rings. The molecule has 0 aliphatic carbocycles. The first-order chi connectivity index (χ1) is 6.49. The fraction of sp³-hybridized carbons (Fsp3) is 0.700. The van der Waals surface area contributed by atoms with Crippen molar-refractivity contribution in [3.05, 3.63) is 18.0 Å². The van der Waals surface area contributed by atoms with Gasteiger partial charge >= 0.3 is 0 Å². The Hall–Kier alpha value is -0.900. The van der Waals surface area contributed by atoms with E-state index in [1.807, 2.05) is 13.0 Å². The van der Waals surface area contributed by atoms with Gasteiger partial charge in [0.05, 0.1) is 6.04 Å². The molecule has 2 rings (SSSR count). The van der Waals surface area contributed by atoms with E-state index in [4.69, 9.17) is 5.73 Å². The summed E-state index contributed by atoms with van der Waals surface area (Å²) in [5.74, 6) is 0.300. The van der Waals surface area contributed by atoms with Crippen LogP contribution in [0.5, 0.6) is 0 Å². The van der Waals surface area contributed by atoms with Crippen molar-refractivity contribution in [2.45, 2.75) is 38.5 Å². The maximum absolute atomic E-state index is 13.8. The average Bonchev–Trinajstić information content (AvgIpc) is 2.67. The molecule has 3 nitrogen and oxygen atoms in total. The summed E-state index contributed by atoms with van der Waals surface area (Å²) in [6, 6.07) is 1.37. The summed E-state index contributed by atoms with van der Waals surface area (Å²) < 4.78 is 15.2. The lowest BCUT2D eigenvalue weighted by Crippen LogP contribution is -2.44. The van der Waals surface area contributed by atoms with Gasteiger partial charge in [0.25, 0.3) is 0 Å². The van der Waals surface area contributed by atoms with Gasteiger partial charge in [0.2, 0.25) is 6.30 Å². The number of aromatic nitrogens is 2. The molecule has 1 aliphatic heterocycles. The van der Waals surface area contributed by atoms with Crippen LogP contribution in [-0.4, -0.2) is 15.8 Å². The summed E-state index contributed by atoms with van der Waals surface area (Å²) in [5.41, 5.74) is 6.52. The zero-order valence-corrected chi connectivity index (χ0v) is 8.74. The largest absolute Gasteiger partial charge is 0.323 e. The van der Waals surface area contributed by atoms with E-state index < -0.39 is 12.3 Å². The topological polar surface area (TPSA) is 43.8 Å². The van der Waals surface area contributed by atoms with Crippen LogP contribution in [0.2, 0.25) is 0 Å². The molecule has 4 heteroatoms. The molecule has 2 N–H and O–H groups in total. The lowest BCUT2D eigenvalue weighted by atomic mass is 9.72. The van der Waals surface area contributed by atoms with Gasteiger partial charge in [-0.15, -0.1) is 0 Å². The number of nitrogens with zero attached hydrogens (tertiary/aromatic N) is 2. The van der Waals surface area contributed by atoms with E-state index in [-0.39, 0.29) is 5.41 Å². The summed E-state index contributed by atoms with van der Waals surface area (Å²) >= 11 is 0. The highest BCUT2D eigenvalue weighted by Gasteiger charge is 2.50. The molecular formula is C10H16FN3. The summed E-state index contributed by atoms with van der Waals surface area (Å²) in [4.78, 5) is 0. The van der Waals surface area contributed by atoms with E-state index in [1.165, 1.54) is 4.68 Å². The van der Waals surface area contributed by atoms with Gasteiger partial charge in [0, 0.05) is 17.3 Å². The number of nitrogens with two attached hydrogens (primary N) is 1. The van der Waals surface area contributed by atoms with Crippen molar-refractivity contribution >= 4 is 0 Å². The van der Waals surface area contributed by atoms with Crippen LogP contribution in [0.25, 0.3) is 0 Å². The Kier molecular flexibility index (Phi) is 1.93. The molecule has 78 valence electrons. The van der Waals surface area contributed by atoms with Crippen LogP contribution in [-0.2, 0) is 5.41 Å². The van der Waals surface area contributed by atoms with E-state index in [0.717, 1.165) is 5.69 Å². The molecule has 2 unspecified atom stereocenters. The third-order valence-electron chi connectivity index (χ3n) is 3.64. The molecule has 0 fully saturated rings. The molecule has 14 heavy (non-hydrogen) atoms. The second-order valence-corrected chi connectivity index (χ2v) is 4.50. The predicted octanol–water partition coefficient (Wildman–Crippen LogP) is 1.61. The Morgan fingerprint density at radius 3 is 2.86 bits per heavy atom. The minimum atomic E-state index is -1.19. The van der Waals surface area contributed by atoms with E-state index >= 15 is 0 Å². The number of hydrogen-bond donors (Lipinski definition) is 1. The van der Waals surface area contributed by atoms with Gasteiger partial charge in [-0.25, -0.2) is 9.07 Å². The van der Waals surface area contributed by atoms with Crippen molar-refractivity contribution in [3.8, 4) is 0 Å². The van der Waals surface area contributed by atoms with Crippen LogP contribution in [0.4, 0.5) is 4.39 Å². The van der Waals surface area contributed by atoms with Crippen LogP contribution >= 0.6 is 0 Å². The Morgan fingerprint density at radius 2 is 2.29 bits per heavy atom. The van der Waals surface area contributed by atoms with Gasteiger partial charge in [-0.05, 0) is 12.0 Å². The van der Waals surface area contributed by atoms with E-state index in [2.05, 4.69) is 18.9 Å². The number of hydrogen-bond acceptors (Lipinski definition) is 2. The first kappa shape index (κ1) is 9.65. The van der Waals surface area contributed by atoms with Gasteiger partial charge in [0.1, 0.15) is 0 Å². The molecule has 0 saturated heterocycles. The molecule has 2 heterocycles. The summed E-state index contributed by atoms with van der Waals surface area (Å²) in [6.07, 6.45) is 0.446. The molecule has 1 aliphatic rings. The summed E-state index contributed by atoms with van der Waals surface area (Å²) in [5, 5.41) is 3.97. The molecule has 0 aromatic carbocycles. The number of alkyl halides is 1. The Labute approximate surface area is 83.1 Å². The highest BCUT2D eigenvalue weighted by atomic mass is 19.1. The maximum Gasteiger partial charge on any atom is 0.207 e. The minimum Gasteiger partial charge on any atom is -0.323 e. The Morgan fingerprint density at radius 1 is 1.64 bits per heavy atom. The zero-order chi connectivity index (χ0) is 10.5. The Bertz CT molecular complexity index is 347. The monoisotopic (exact) mass is 197 g/mol. The lowest BCUT2D eigenvalue weighted by Gasteiger charge is -2.32. The third-order valence-corrected chi connectivity index (χ3v) is 3.64. The second-order valence-electron chi connectivity index (χ2n) is 4.50. The molecule has 0 radical (unpaired) electrons. The molecular weight excluding hydrogens is 181 g/mol. The van der Waals surface area contributed by atoms with Gasteiger partial charge in [-0.1, -0.05) is 20.8 Å². The minimum absolute atomic E-state index is 0.300. The average molecular weight is 197 g/mol. The summed E-state index contributed by atoms with van der Waals surface area (Å²) in [6.45, 7) is 6.14.